The molecule has 0 spiro atoms. The van der Waals surface area contributed by atoms with E-state index >= 15 is 0 Å². The molecular formula is C14H17N5O2. The van der Waals surface area contributed by atoms with Crippen molar-refractivity contribution in [3.63, 3.8) is 0 Å². The van der Waals surface area contributed by atoms with Gasteiger partial charge in [-0.15, -0.1) is 0 Å². The molecule has 0 radical (unpaired) electrons. The molecule has 1 fully saturated rings. The van der Waals surface area contributed by atoms with Crippen molar-refractivity contribution in [2.75, 3.05) is 32.7 Å². The summed E-state index contributed by atoms with van der Waals surface area (Å²) < 4.78 is 0. The number of hydrogen-bond acceptors (Lipinski definition) is 4. The molecule has 0 atom stereocenters. The molecule has 2 heterocycles. The van der Waals surface area contributed by atoms with Crippen LogP contribution in [0.2, 0.25) is 0 Å². The van der Waals surface area contributed by atoms with Crippen molar-refractivity contribution >= 4 is 22.7 Å². The molecule has 1 aliphatic rings. The predicted octanol–water partition coefficient (Wildman–Crippen LogP) is -0.275. The van der Waals surface area contributed by atoms with Gasteiger partial charge in [-0.1, -0.05) is 6.07 Å². The molecule has 2 aromatic rings. The third-order valence-corrected chi connectivity index (χ3v) is 3.57. The van der Waals surface area contributed by atoms with E-state index in [1.807, 2.05) is 6.07 Å². The summed E-state index contributed by atoms with van der Waals surface area (Å²) in [4.78, 5) is 25.8. The number of benzene rings is 1. The van der Waals surface area contributed by atoms with Crippen LogP contribution in [0.15, 0.2) is 24.4 Å². The summed E-state index contributed by atoms with van der Waals surface area (Å²) in [7, 11) is 0. The van der Waals surface area contributed by atoms with Gasteiger partial charge in [-0.25, -0.2) is 0 Å². The van der Waals surface area contributed by atoms with Crippen molar-refractivity contribution in [3.8, 4) is 0 Å². The molecule has 21 heavy (non-hydrogen) atoms. The molecule has 0 aliphatic carbocycles. The number of aromatic amines is 1. The van der Waals surface area contributed by atoms with Gasteiger partial charge in [-0.05, 0) is 12.1 Å². The summed E-state index contributed by atoms with van der Waals surface area (Å²) in [6.45, 7) is 3.01. The zero-order valence-corrected chi connectivity index (χ0v) is 11.6. The number of amides is 2. The smallest absolute Gasteiger partial charge is 0.251 e. The topological polar surface area (TPSA) is 90.1 Å². The lowest BCUT2D eigenvalue weighted by Gasteiger charge is -2.27. The summed E-state index contributed by atoms with van der Waals surface area (Å²) in [5.74, 6) is -0.303. The van der Waals surface area contributed by atoms with Crippen LogP contribution in [0.1, 0.15) is 10.4 Å². The lowest BCUT2D eigenvalue weighted by atomic mass is 10.1. The zero-order chi connectivity index (χ0) is 14.7. The van der Waals surface area contributed by atoms with Crippen LogP contribution in [-0.4, -0.2) is 59.6 Å². The van der Waals surface area contributed by atoms with Crippen molar-refractivity contribution < 1.29 is 9.59 Å². The summed E-state index contributed by atoms with van der Waals surface area (Å²) in [6.07, 6.45) is 1.70. The fourth-order valence-corrected chi connectivity index (χ4v) is 2.36. The Morgan fingerprint density at radius 3 is 2.90 bits per heavy atom. The standard InChI is InChI=1S/C14H17N5O2/c20-13(19-5-3-15-4-6-19)9-16-14(21)10-1-2-11-8-17-18-12(11)7-10/h1-2,7-8,15H,3-6,9H2,(H,16,21)(H,17,18). The largest absolute Gasteiger partial charge is 0.343 e. The van der Waals surface area contributed by atoms with Crippen molar-refractivity contribution in [2.24, 2.45) is 0 Å². The number of hydrogen-bond donors (Lipinski definition) is 3. The second-order valence-electron chi connectivity index (χ2n) is 4.99. The second-order valence-corrected chi connectivity index (χ2v) is 4.99. The highest BCUT2D eigenvalue weighted by molar-refractivity contribution is 5.99. The van der Waals surface area contributed by atoms with E-state index in [0.717, 1.165) is 24.0 Å². The van der Waals surface area contributed by atoms with Gasteiger partial charge in [-0.2, -0.15) is 5.10 Å². The summed E-state index contributed by atoms with van der Waals surface area (Å²) >= 11 is 0. The average molecular weight is 287 g/mol. The van der Waals surface area contributed by atoms with Gasteiger partial charge in [0.05, 0.1) is 18.3 Å². The third kappa shape index (κ3) is 3.03. The Hall–Kier alpha value is -2.41. The maximum atomic E-state index is 12.1. The highest BCUT2D eigenvalue weighted by Gasteiger charge is 2.17. The molecule has 0 saturated carbocycles. The van der Waals surface area contributed by atoms with E-state index in [1.54, 1.807) is 23.2 Å². The lowest BCUT2D eigenvalue weighted by molar-refractivity contribution is -0.130. The number of carbonyl (C=O) groups excluding carboxylic acids is 2. The number of aromatic nitrogens is 2. The van der Waals surface area contributed by atoms with Gasteiger partial charge in [-0.3, -0.25) is 14.7 Å². The van der Waals surface area contributed by atoms with E-state index in [4.69, 9.17) is 0 Å². The first-order valence-electron chi connectivity index (χ1n) is 6.94. The molecule has 1 aromatic heterocycles. The fourth-order valence-electron chi connectivity index (χ4n) is 2.36. The fraction of sp³-hybridized carbons (Fsp3) is 0.357. The van der Waals surface area contributed by atoms with Crippen molar-refractivity contribution in [1.82, 2.24) is 25.7 Å². The lowest BCUT2D eigenvalue weighted by Crippen LogP contribution is -2.49. The van der Waals surface area contributed by atoms with Crippen LogP contribution in [-0.2, 0) is 4.79 Å². The van der Waals surface area contributed by atoms with Gasteiger partial charge < -0.3 is 15.5 Å². The summed E-state index contributed by atoms with van der Waals surface area (Å²) in [6, 6.07) is 5.28. The Morgan fingerprint density at radius 2 is 2.10 bits per heavy atom. The van der Waals surface area contributed by atoms with Crippen LogP contribution >= 0.6 is 0 Å². The van der Waals surface area contributed by atoms with Gasteiger partial charge in [0.2, 0.25) is 5.91 Å². The minimum atomic E-state index is -0.255. The molecule has 1 saturated heterocycles. The molecule has 1 aliphatic heterocycles. The number of nitrogens with one attached hydrogen (secondary N) is 3. The minimum absolute atomic E-state index is 0.0276. The number of rotatable bonds is 3. The van der Waals surface area contributed by atoms with Crippen LogP contribution in [0.3, 0.4) is 0 Å². The first-order valence-corrected chi connectivity index (χ1v) is 6.94. The van der Waals surface area contributed by atoms with E-state index in [-0.39, 0.29) is 18.4 Å². The molecule has 7 nitrogen and oxygen atoms in total. The maximum Gasteiger partial charge on any atom is 0.251 e. The van der Waals surface area contributed by atoms with Crippen molar-refractivity contribution in [2.45, 2.75) is 0 Å². The van der Waals surface area contributed by atoms with E-state index in [2.05, 4.69) is 20.8 Å². The molecule has 7 heteroatoms. The van der Waals surface area contributed by atoms with Crippen molar-refractivity contribution in [3.05, 3.63) is 30.0 Å². The molecule has 2 amide bonds. The molecule has 110 valence electrons. The monoisotopic (exact) mass is 287 g/mol. The van der Waals surface area contributed by atoms with E-state index < -0.39 is 0 Å². The molecule has 3 N–H and O–H groups in total. The molecular weight excluding hydrogens is 270 g/mol. The highest BCUT2D eigenvalue weighted by Crippen LogP contribution is 2.12. The van der Waals surface area contributed by atoms with Crippen LogP contribution in [0.5, 0.6) is 0 Å². The third-order valence-electron chi connectivity index (χ3n) is 3.57. The number of nitrogens with zero attached hydrogens (tertiary/aromatic N) is 2. The van der Waals surface area contributed by atoms with Gasteiger partial charge in [0.15, 0.2) is 0 Å². The van der Waals surface area contributed by atoms with Gasteiger partial charge in [0.25, 0.3) is 5.91 Å². The second kappa shape index (κ2) is 5.92. The quantitative estimate of drug-likeness (QED) is 0.724. The van der Waals surface area contributed by atoms with Crippen molar-refractivity contribution in [1.29, 1.82) is 0 Å². The molecule has 0 unspecified atom stereocenters. The Kier molecular flexibility index (Phi) is 3.83. The highest BCUT2D eigenvalue weighted by atomic mass is 16.2. The zero-order valence-electron chi connectivity index (χ0n) is 11.6. The molecule has 0 bridgehead atoms. The number of fused-ring (bicyclic) bond motifs is 1. The van der Waals surface area contributed by atoms with Gasteiger partial charge in [0.1, 0.15) is 0 Å². The Morgan fingerprint density at radius 1 is 1.29 bits per heavy atom. The van der Waals surface area contributed by atoms with E-state index in [1.165, 1.54) is 0 Å². The van der Waals surface area contributed by atoms with Crippen LogP contribution in [0.25, 0.3) is 10.9 Å². The van der Waals surface area contributed by atoms with E-state index in [9.17, 15) is 9.59 Å². The normalized spacial score (nSPS) is 15.1. The first-order chi connectivity index (χ1) is 10.2. The SMILES string of the molecule is O=C(NCC(=O)N1CCNCC1)c1ccc2cn[nH]c2c1. The van der Waals surface area contributed by atoms with E-state index in [0.29, 0.717) is 18.7 Å². The Balaban J connectivity index is 1.59. The van der Waals surface area contributed by atoms with Crippen LogP contribution < -0.4 is 10.6 Å². The summed E-state index contributed by atoms with van der Waals surface area (Å²) in [5.41, 5.74) is 1.32. The maximum absolute atomic E-state index is 12.1. The number of H-pyrrole nitrogens is 1. The van der Waals surface area contributed by atoms with Crippen LogP contribution in [0, 0.1) is 0 Å². The average Bonchev–Trinajstić information content (AvgIpc) is 3.00. The van der Waals surface area contributed by atoms with Gasteiger partial charge >= 0.3 is 0 Å². The number of carbonyl (C=O) groups is 2. The Bertz CT molecular complexity index is 660. The Labute approximate surface area is 121 Å². The van der Waals surface area contributed by atoms with Crippen LogP contribution in [0.4, 0.5) is 0 Å². The molecule has 3 rings (SSSR count). The first kappa shape index (κ1) is 13.6. The minimum Gasteiger partial charge on any atom is -0.343 e. The summed E-state index contributed by atoms with van der Waals surface area (Å²) in [5, 5.41) is 13.5. The van der Waals surface area contributed by atoms with Gasteiger partial charge in [0, 0.05) is 37.1 Å². The molecule has 1 aromatic carbocycles. The number of piperazine rings is 1. The predicted molar refractivity (Wildman–Crippen MR) is 77.9 cm³/mol.